The molecule has 3 aromatic rings. The summed E-state index contributed by atoms with van der Waals surface area (Å²) in [5.74, 6) is -0.118. The van der Waals surface area contributed by atoms with Crippen LogP contribution < -0.4 is 5.32 Å². The van der Waals surface area contributed by atoms with E-state index in [1.807, 2.05) is 60.7 Å². The first kappa shape index (κ1) is 19.3. The van der Waals surface area contributed by atoms with Gasteiger partial charge in [-0.2, -0.15) is 5.26 Å². The third kappa shape index (κ3) is 4.85. The first-order chi connectivity index (χ1) is 13.6. The van der Waals surface area contributed by atoms with Crippen molar-refractivity contribution < 1.29 is 4.79 Å². The molecule has 4 heteroatoms. The molecule has 0 bridgehead atoms. The predicted molar refractivity (Wildman–Crippen MR) is 112 cm³/mol. The van der Waals surface area contributed by atoms with Gasteiger partial charge in [0.2, 0.25) is 0 Å². The van der Waals surface area contributed by atoms with Gasteiger partial charge in [-0.3, -0.25) is 9.69 Å². The largest absolute Gasteiger partial charge is 0.322 e. The molecule has 0 aliphatic rings. The van der Waals surface area contributed by atoms with Crippen molar-refractivity contribution in [2.75, 3.05) is 12.4 Å². The van der Waals surface area contributed by atoms with Crippen LogP contribution in [-0.2, 0) is 6.54 Å². The third-order valence-electron chi connectivity index (χ3n) is 4.81. The van der Waals surface area contributed by atoms with Crippen LogP contribution in [0.5, 0.6) is 0 Å². The van der Waals surface area contributed by atoms with Gasteiger partial charge in [-0.25, -0.2) is 0 Å². The van der Waals surface area contributed by atoms with Crippen LogP contribution >= 0.6 is 0 Å². The summed E-state index contributed by atoms with van der Waals surface area (Å²) in [7, 11) is 2.05. The Labute approximate surface area is 166 Å². The zero-order valence-corrected chi connectivity index (χ0v) is 16.1. The highest BCUT2D eigenvalue weighted by Crippen LogP contribution is 2.24. The van der Waals surface area contributed by atoms with E-state index in [1.165, 1.54) is 0 Å². The number of amides is 1. The zero-order valence-electron chi connectivity index (χ0n) is 16.1. The Morgan fingerprint density at radius 2 is 1.79 bits per heavy atom. The molecular formula is C24H23N3O. The Morgan fingerprint density at radius 1 is 1.04 bits per heavy atom. The molecule has 0 heterocycles. The average Bonchev–Trinajstić information content (AvgIpc) is 2.74. The van der Waals surface area contributed by atoms with Gasteiger partial charge in [0.15, 0.2) is 0 Å². The lowest BCUT2D eigenvalue weighted by atomic mass is 10.0. The number of rotatable bonds is 6. The smallest absolute Gasteiger partial charge is 0.255 e. The summed E-state index contributed by atoms with van der Waals surface area (Å²) in [6.07, 6.45) is 0. The van der Waals surface area contributed by atoms with E-state index >= 15 is 0 Å². The number of benzene rings is 3. The van der Waals surface area contributed by atoms with Crippen molar-refractivity contribution >= 4 is 11.6 Å². The highest BCUT2D eigenvalue weighted by Gasteiger charge is 2.14. The maximum absolute atomic E-state index is 12.4. The molecular weight excluding hydrogens is 346 g/mol. The Morgan fingerprint density at radius 3 is 2.54 bits per heavy atom. The lowest BCUT2D eigenvalue weighted by molar-refractivity contribution is 0.102. The maximum Gasteiger partial charge on any atom is 0.255 e. The summed E-state index contributed by atoms with van der Waals surface area (Å²) in [4.78, 5) is 14.6. The van der Waals surface area contributed by atoms with Gasteiger partial charge in [0.05, 0.1) is 11.6 Å². The van der Waals surface area contributed by atoms with E-state index < -0.39 is 0 Å². The summed E-state index contributed by atoms with van der Waals surface area (Å²) in [6.45, 7) is 2.86. The SMILES string of the molecule is C[C@H](c1cccc(NC(=O)c2ccccc2)c1)N(C)Cc1cccc(C#N)c1. The number of hydrogen-bond acceptors (Lipinski definition) is 3. The molecule has 0 aromatic heterocycles. The first-order valence-electron chi connectivity index (χ1n) is 9.22. The minimum Gasteiger partial charge on any atom is -0.322 e. The predicted octanol–water partition coefficient (Wildman–Crippen LogP) is 5.00. The number of anilines is 1. The van der Waals surface area contributed by atoms with Crippen molar-refractivity contribution in [3.63, 3.8) is 0 Å². The van der Waals surface area contributed by atoms with Crippen LogP contribution in [0, 0.1) is 11.3 Å². The summed E-state index contributed by atoms with van der Waals surface area (Å²) in [5, 5.41) is 12.0. The Hall–Kier alpha value is -3.42. The van der Waals surface area contributed by atoms with E-state index in [9.17, 15) is 4.79 Å². The van der Waals surface area contributed by atoms with Crippen molar-refractivity contribution in [1.29, 1.82) is 5.26 Å². The van der Waals surface area contributed by atoms with Crippen molar-refractivity contribution in [3.8, 4) is 6.07 Å². The monoisotopic (exact) mass is 369 g/mol. The molecule has 1 N–H and O–H groups in total. The van der Waals surface area contributed by atoms with Crippen LogP contribution in [0.1, 0.15) is 40.0 Å². The van der Waals surface area contributed by atoms with E-state index in [0.717, 1.165) is 23.4 Å². The summed E-state index contributed by atoms with van der Waals surface area (Å²) in [6, 6.07) is 27.1. The molecule has 0 aliphatic carbocycles. The summed E-state index contributed by atoms with van der Waals surface area (Å²) < 4.78 is 0. The molecule has 0 aliphatic heterocycles. The molecule has 3 rings (SSSR count). The second kappa shape index (κ2) is 8.98. The van der Waals surface area contributed by atoms with Crippen LogP contribution in [0.3, 0.4) is 0 Å². The first-order valence-corrected chi connectivity index (χ1v) is 9.22. The molecule has 0 saturated heterocycles. The molecule has 0 radical (unpaired) electrons. The third-order valence-corrected chi connectivity index (χ3v) is 4.81. The number of nitrogens with zero attached hydrogens (tertiary/aromatic N) is 2. The Kier molecular flexibility index (Phi) is 6.21. The molecule has 4 nitrogen and oxygen atoms in total. The van der Waals surface area contributed by atoms with E-state index in [2.05, 4.69) is 36.3 Å². The molecule has 0 spiro atoms. The van der Waals surface area contributed by atoms with Gasteiger partial charge in [-0.05, 0) is 61.5 Å². The van der Waals surface area contributed by atoms with Crippen LogP contribution in [0.4, 0.5) is 5.69 Å². The quantitative estimate of drug-likeness (QED) is 0.665. The lowest BCUT2D eigenvalue weighted by Crippen LogP contribution is -2.22. The standard InChI is InChI=1S/C24H23N3O/c1-18(27(2)17-20-9-6-8-19(14-20)16-25)22-12-7-13-23(15-22)26-24(28)21-10-4-3-5-11-21/h3-15,18H,17H2,1-2H3,(H,26,28)/t18-/m1/s1. The molecule has 140 valence electrons. The Bertz CT molecular complexity index is 992. The molecule has 1 amide bonds. The van der Waals surface area contributed by atoms with Gasteiger partial charge in [-0.15, -0.1) is 0 Å². The van der Waals surface area contributed by atoms with Crippen LogP contribution in [0.2, 0.25) is 0 Å². The number of nitriles is 1. The minimum atomic E-state index is -0.118. The fourth-order valence-electron chi connectivity index (χ4n) is 3.09. The number of carbonyl (C=O) groups is 1. The minimum absolute atomic E-state index is 0.118. The summed E-state index contributed by atoms with van der Waals surface area (Å²) in [5.41, 5.74) is 4.30. The van der Waals surface area contributed by atoms with Gasteiger partial charge in [0.1, 0.15) is 0 Å². The van der Waals surface area contributed by atoms with Gasteiger partial charge < -0.3 is 5.32 Å². The van der Waals surface area contributed by atoms with Gasteiger partial charge in [-0.1, -0.05) is 42.5 Å². The second-order valence-corrected chi connectivity index (χ2v) is 6.85. The van der Waals surface area contributed by atoms with Crippen molar-refractivity contribution in [1.82, 2.24) is 4.90 Å². The molecule has 0 unspecified atom stereocenters. The van der Waals surface area contributed by atoms with Crippen molar-refractivity contribution in [2.24, 2.45) is 0 Å². The maximum atomic E-state index is 12.4. The van der Waals surface area contributed by atoms with E-state index in [1.54, 1.807) is 12.1 Å². The topological polar surface area (TPSA) is 56.1 Å². The fraction of sp³-hybridized carbons (Fsp3) is 0.167. The number of hydrogen-bond donors (Lipinski definition) is 1. The van der Waals surface area contributed by atoms with Crippen molar-refractivity contribution in [2.45, 2.75) is 19.5 Å². The molecule has 0 fully saturated rings. The normalized spacial score (nSPS) is 11.6. The number of nitrogens with one attached hydrogen (secondary N) is 1. The van der Waals surface area contributed by atoms with Crippen LogP contribution in [0.25, 0.3) is 0 Å². The zero-order chi connectivity index (χ0) is 19.9. The molecule has 1 atom stereocenters. The highest BCUT2D eigenvalue weighted by molar-refractivity contribution is 6.04. The van der Waals surface area contributed by atoms with E-state index in [-0.39, 0.29) is 11.9 Å². The molecule has 3 aromatic carbocycles. The lowest BCUT2D eigenvalue weighted by Gasteiger charge is -2.25. The Balaban J connectivity index is 1.70. The number of carbonyl (C=O) groups excluding carboxylic acids is 1. The van der Waals surface area contributed by atoms with Gasteiger partial charge >= 0.3 is 0 Å². The summed E-state index contributed by atoms with van der Waals surface area (Å²) >= 11 is 0. The van der Waals surface area contributed by atoms with E-state index in [0.29, 0.717) is 11.1 Å². The second-order valence-electron chi connectivity index (χ2n) is 6.85. The van der Waals surface area contributed by atoms with E-state index in [4.69, 9.17) is 5.26 Å². The average molecular weight is 369 g/mol. The molecule has 0 saturated carbocycles. The molecule has 28 heavy (non-hydrogen) atoms. The fourth-order valence-corrected chi connectivity index (χ4v) is 3.09. The van der Waals surface area contributed by atoms with Crippen LogP contribution in [0.15, 0.2) is 78.9 Å². The highest BCUT2D eigenvalue weighted by atomic mass is 16.1. The van der Waals surface area contributed by atoms with Gasteiger partial charge in [0.25, 0.3) is 5.91 Å². The van der Waals surface area contributed by atoms with Crippen molar-refractivity contribution in [3.05, 3.63) is 101 Å². The van der Waals surface area contributed by atoms with Gasteiger partial charge in [0, 0.05) is 23.8 Å². The van der Waals surface area contributed by atoms with Crippen LogP contribution in [-0.4, -0.2) is 17.9 Å².